The molecule has 0 bridgehead atoms. The molecule has 3 N–H and O–H groups in total. The van der Waals surface area contributed by atoms with E-state index in [2.05, 4.69) is 5.73 Å². The van der Waals surface area contributed by atoms with E-state index in [1.165, 1.54) is 18.2 Å². The van der Waals surface area contributed by atoms with Crippen molar-refractivity contribution in [2.75, 3.05) is 5.75 Å². The molecule has 1 aromatic rings. The Morgan fingerprint density at radius 3 is 2.06 bits per heavy atom. The number of aliphatic hydroxyl groups is 1. The lowest BCUT2D eigenvalue weighted by atomic mass is 10.3. The number of hydrogen-bond donors (Lipinski definition) is 2. The van der Waals surface area contributed by atoms with Gasteiger partial charge in [0.05, 0.1) is 4.90 Å². The Morgan fingerprint density at radius 2 is 1.65 bits per heavy atom. The summed E-state index contributed by atoms with van der Waals surface area (Å²) in [5.74, 6) is -1.62. The molecule has 0 aromatic heterocycles. The van der Waals surface area contributed by atoms with Crippen molar-refractivity contribution in [3.63, 3.8) is 0 Å². The van der Waals surface area contributed by atoms with Gasteiger partial charge >= 0.3 is 6.18 Å². The van der Waals surface area contributed by atoms with Crippen LogP contribution in [-0.2, 0) is 9.84 Å². The van der Waals surface area contributed by atoms with Gasteiger partial charge in [-0.05, 0) is 12.1 Å². The minimum atomic E-state index is -5.21. The predicted molar refractivity (Wildman–Crippen MR) is 53.7 cm³/mol. The van der Waals surface area contributed by atoms with Gasteiger partial charge in [-0.15, -0.1) is 0 Å². The highest BCUT2D eigenvalue weighted by molar-refractivity contribution is 7.91. The fourth-order valence-corrected chi connectivity index (χ4v) is 2.56. The molecule has 0 saturated heterocycles. The van der Waals surface area contributed by atoms with Crippen molar-refractivity contribution in [3.05, 3.63) is 30.3 Å². The highest BCUT2D eigenvalue weighted by Crippen LogP contribution is 2.28. The fourth-order valence-electron chi connectivity index (χ4n) is 1.08. The van der Waals surface area contributed by atoms with Gasteiger partial charge in [-0.3, -0.25) is 5.73 Å². The van der Waals surface area contributed by atoms with E-state index < -0.39 is 27.5 Å². The van der Waals surface area contributed by atoms with Crippen LogP contribution in [0.25, 0.3) is 0 Å². The van der Waals surface area contributed by atoms with Crippen LogP contribution in [0.4, 0.5) is 13.2 Å². The third-order valence-electron chi connectivity index (χ3n) is 2.00. The molecule has 0 amide bonds. The molecule has 17 heavy (non-hydrogen) atoms. The van der Waals surface area contributed by atoms with E-state index in [1.54, 1.807) is 0 Å². The summed E-state index contributed by atoms with van der Waals surface area (Å²) in [7, 11) is -4.30. The lowest BCUT2D eigenvalue weighted by Crippen LogP contribution is -2.58. The molecule has 0 fully saturated rings. The first kappa shape index (κ1) is 13.9. The zero-order valence-electron chi connectivity index (χ0n) is 8.48. The molecule has 0 aliphatic rings. The summed E-state index contributed by atoms with van der Waals surface area (Å²) in [6, 6.07) is 6.48. The van der Waals surface area contributed by atoms with Gasteiger partial charge in [-0.1, -0.05) is 18.2 Å². The molecule has 1 rings (SSSR count). The Labute approximate surface area is 95.8 Å². The molecule has 1 unspecified atom stereocenters. The highest BCUT2D eigenvalue weighted by atomic mass is 32.2. The minimum absolute atomic E-state index is 0.326. The van der Waals surface area contributed by atoms with E-state index in [0.717, 1.165) is 12.1 Å². The second-order valence-corrected chi connectivity index (χ2v) is 5.48. The zero-order chi connectivity index (χ0) is 13.3. The van der Waals surface area contributed by atoms with Gasteiger partial charge in [-0.2, -0.15) is 13.2 Å². The lowest BCUT2D eigenvalue weighted by Gasteiger charge is -2.25. The minimum Gasteiger partial charge on any atom is -0.367 e. The number of nitrogens with two attached hydrogens (primary N) is 1. The molecular weight excluding hydrogens is 259 g/mol. The molecule has 0 saturated carbocycles. The van der Waals surface area contributed by atoms with Crippen molar-refractivity contribution in [1.82, 2.24) is 0 Å². The molecule has 96 valence electrons. The number of rotatable bonds is 3. The number of benzene rings is 1. The molecule has 0 aliphatic heterocycles. The zero-order valence-corrected chi connectivity index (χ0v) is 9.29. The summed E-state index contributed by atoms with van der Waals surface area (Å²) in [5, 5.41) is 8.92. The summed E-state index contributed by atoms with van der Waals surface area (Å²) >= 11 is 0. The predicted octanol–water partition coefficient (Wildman–Crippen LogP) is 0.670. The van der Waals surface area contributed by atoms with Crippen molar-refractivity contribution in [3.8, 4) is 0 Å². The molecule has 0 aliphatic carbocycles. The second-order valence-electron chi connectivity index (χ2n) is 3.49. The van der Waals surface area contributed by atoms with Crippen LogP contribution in [0.5, 0.6) is 0 Å². The summed E-state index contributed by atoms with van der Waals surface area (Å²) in [4.78, 5) is -0.326. The molecular formula is C9H10F3NO3S. The molecule has 4 nitrogen and oxygen atoms in total. The smallest absolute Gasteiger partial charge is 0.367 e. The van der Waals surface area contributed by atoms with Crippen LogP contribution in [0.2, 0.25) is 0 Å². The summed E-state index contributed by atoms with van der Waals surface area (Å²) in [6.07, 6.45) is -5.21. The maximum Gasteiger partial charge on any atom is 0.431 e. The maximum absolute atomic E-state index is 12.2. The standard InChI is InChI=1S/C9H10F3NO3S/c10-9(11,12)8(13,14)6-17(15,16)7-4-2-1-3-5-7/h1-5,14H,6,13H2. The maximum atomic E-state index is 12.2. The van der Waals surface area contributed by atoms with E-state index in [4.69, 9.17) is 5.11 Å². The number of hydrogen-bond acceptors (Lipinski definition) is 4. The van der Waals surface area contributed by atoms with E-state index >= 15 is 0 Å². The molecule has 1 atom stereocenters. The van der Waals surface area contributed by atoms with Crippen LogP contribution in [0.1, 0.15) is 0 Å². The van der Waals surface area contributed by atoms with Gasteiger partial charge in [0, 0.05) is 0 Å². The highest BCUT2D eigenvalue weighted by Gasteiger charge is 2.53. The topological polar surface area (TPSA) is 80.4 Å². The van der Waals surface area contributed by atoms with E-state index in [-0.39, 0.29) is 4.90 Å². The fraction of sp³-hybridized carbons (Fsp3) is 0.333. The van der Waals surface area contributed by atoms with Gasteiger partial charge in [0.25, 0.3) is 0 Å². The normalized spacial score (nSPS) is 16.5. The van der Waals surface area contributed by atoms with Gasteiger partial charge in [0.1, 0.15) is 5.75 Å². The van der Waals surface area contributed by atoms with E-state index in [1.807, 2.05) is 0 Å². The first-order valence-corrected chi connectivity index (χ1v) is 6.07. The van der Waals surface area contributed by atoms with Crippen molar-refractivity contribution in [2.45, 2.75) is 16.8 Å². The number of sulfone groups is 1. The quantitative estimate of drug-likeness (QED) is 0.790. The Balaban J connectivity index is 3.04. The van der Waals surface area contributed by atoms with Crippen LogP contribution < -0.4 is 5.73 Å². The Morgan fingerprint density at radius 1 is 1.18 bits per heavy atom. The van der Waals surface area contributed by atoms with Gasteiger partial charge < -0.3 is 5.11 Å². The second kappa shape index (κ2) is 4.28. The van der Waals surface area contributed by atoms with E-state index in [0.29, 0.717) is 0 Å². The van der Waals surface area contributed by atoms with Crippen LogP contribution in [0.15, 0.2) is 35.2 Å². The van der Waals surface area contributed by atoms with Crippen LogP contribution in [-0.4, -0.2) is 31.2 Å². The van der Waals surface area contributed by atoms with Gasteiger partial charge in [0.15, 0.2) is 9.84 Å². The van der Waals surface area contributed by atoms with Crippen molar-refractivity contribution < 1.29 is 26.7 Å². The third-order valence-corrected chi connectivity index (χ3v) is 3.81. The third kappa shape index (κ3) is 3.18. The monoisotopic (exact) mass is 269 g/mol. The largest absolute Gasteiger partial charge is 0.431 e. The molecule has 1 aromatic carbocycles. The Hall–Kier alpha value is -1.12. The van der Waals surface area contributed by atoms with Gasteiger partial charge in [0.2, 0.25) is 5.72 Å². The molecule has 0 heterocycles. The molecule has 0 radical (unpaired) electrons. The summed E-state index contributed by atoms with van der Waals surface area (Å²) in [5.41, 5.74) is 0.806. The average Bonchev–Trinajstić information content (AvgIpc) is 2.15. The van der Waals surface area contributed by atoms with Crippen molar-refractivity contribution in [1.29, 1.82) is 0 Å². The Kier molecular flexibility index (Phi) is 3.51. The van der Waals surface area contributed by atoms with Crippen LogP contribution in [0, 0.1) is 0 Å². The van der Waals surface area contributed by atoms with Gasteiger partial charge in [-0.25, -0.2) is 8.42 Å². The van der Waals surface area contributed by atoms with Crippen LogP contribution >= 0.6 is 0 Å². The van der Waals surface area contributed by atoms with Crippen molar-refractivity contribution >= 4 is 9.84 Å². The number of halogens is 3. The lowest BCUT2D eigenvalue weighted by molar-refractivity contribution is -0.248. The summed E-state index contributed by atoms with van der Waals surface area (Å²) < 4.78 is 59.8. The average molecular weight is 269 g/mol. The summed E-state index contributed by atoms with van der Waals surface area (Å²) in [6.45, 7) is 0. The molecule has 8 heteroatoms. The van der Waals surface area contributed by atoms with Crippen molar-refractivity contribution in [2.24, 2.45) is 5.73 Å². The Bertz CT molecular complexity index is 482. The SMILES string of the molecule is NC(O)(CS(=O)(=O)c1ccccc1)C(F)(F)F. The molecule has 0 spiro atoms. The first-order valence-electron chi connectivity index (χ1n) is 4.42. The number of alkyl halides is 3. The van der Waals surface area contributed by atoms with E-state index in [9.17, 15) is 21.6 Å². The first-order chi connectivity index (χ1) is 7.56. The van der Waals surface area contributed by atoms with Crippen LogP contribution in [0.3, 0.4) is 0 Å².